The normalized spacial score (nSPS) is 19.7. The lowest BCUT2D eigenvalue weighted by atomic mass is 9.91. The highest BCUT2D eigenvalue weighted by atomic mass is 16.2. The first-order chi connectivity index (χ1) is 11.1. The summed E-state index contributed by atoms with van der Waals surface area (Å²) >= 11 is 0. The fourth-order valence-electron chi connectivity index (χ4n) is 3.42. The molecule has 0 radical (unpaired) electrons. The van der Waals surface area contributed by atoms with Gasteiger partial charge in [-0.15, -0.1) is 0 Å². The van der Waals surface area contributed by atoms with Gasteiger partial charge in [-0.3, -0.25) is 19.3 Å². The number of nitrogens with zero attached hydrogens (tertiary/aromatic N) is 3. The fourth-order valence-corrected chi connectivity index (χ4v) is 3.42. The highest BCUT2D eigenvalue weighted by Gasteiger charge is 2.41. The Morgan fingerprint density at radius 1 is 1.09 bits per heavy atom. The second kappa shape index (κ2) is 4.87. The van der Waals surface area contributed by atoms with E-state index in [-0.39, 0.29) is 23.4 Å². The van der Waals surface area contributed by atoms with Gasteiger partial charge in [0.1, 0.15) is 0 Å². The Hall–Kier alpha value is -2.76. The van der Waals surface area contributed by atoms with E-state index in [0.717, 1.165) is 11.3 Å². The van der Waals surface area contributed by atoms with Gasteiger partial charge < -0.3 is 0 Å². The third-order valence-corrected chi connectivity index (χ3v) is 4.62. The number of aryl methyl sites for hydroxylation is 2. The topological polar surface area (TPSA) is 72.3 Å². The Morgan fingerprint density at radius 3 is 2.39 bits per heavy atom. The second-order valence-corrected chi connectivity index (χ2v) is 6.00. The number of hydrogen-bond acceptors (Lipinski definition) is 4. The Labute approximate surface area is 132 Å². The molecule has 0 saturated carbocycles. The number of fused-ring (bicyclic) bond motifs is 2. The van der Waals surface area contributed by atoms with E-state index in [1.807, 2.05) is 0 Å². The quantitative estimate of drug-likeness (QED) is 0.735. The predicted octanol–water partition coefficient (Wildman–Crippen LogP) is 0.934. The molecule has 1 aromatic carbocycles. The maximum absolute atomic E-state index is 12.6. The van der Waals surface area contributed by atoms with Crippen LogP contribution >= 0.6 is 0 Å². The van der Waals surface area contributed by atoms with Gasteiger partial charge in [-0.25, -0.2) is 4.68 Å². The molecule has 116 valence electrons. The molecule has 0 saturated heterocycles. The largest absolute Gasteiger partial charge is 0.271 e. The van der Waals surface area contributed by atoms with Crippen LogP contribution in [0.3, 0.4) is 0 Å². The molecule has 23 heavy (non-hydrogen) atoms. The molecule has 1 unspecified atom stereocenters. The highest BCUT2D eigenvalue weighted by Crippen LogP contribution is 2.30. The summed E-state index contributed by atoms with van der Waals surface area (Å²) < 4.78 is 1.30. The van der Waals surface area contributed by atoms with Crippen molar-refractivity contribution in [3.63, 3.8) is 0 Å². The number of imide groups is 1. The maximum Gasteiger partial charge on any atom is 0.266 e. The van der Waals surface area contributed by atoms with Crippen molar-refractivity contribution in [3.8, 4) is 0 Å². The van der Waals surface area contributed by atoms with Gasteiger partial charge in [-0.1, -0.05) is 12.1 Å². The smallest absolute Gasteiger partial charge is 0.266 e. The Morgan fingerprint density at radius 2 is 1.74 bits per heavy atom. The summed E-state index contributed by atoms with van der Waals surface area (Å²) in [6, 6.07) is 8.30. The van der Waals surface area contributed by atoms with Crippen molar-refractivity contribution < 1.29 is 9.59 Å². The lowest BCUT2D eigenvalue weighted by molar-refractivity contribution is 0.0569. The summed E-state index contributed by atoms with van der Waals surface area (Å²) in [6.45, 7) is 0. The molecule has 0 bridgehead atoms. The number of carbonyl (C=O) groups is 2. The fraction of sp³-hybridized carbons (Fsp3) is 0.294. The van der Waals surface area contributed by atoms with Crippen molar-refractivity contribution in [2.24, 2.45) is 7.05 Å². The van der Waals surface area contributed by atoms with Crippen molar-refractivity contribution in [2.75, 3.05) is 0 Å². The van der Waals surface area contributed by atoms with E-state index in [4.69, 9.17) is 0 Å². The summed E-state index contributed by atoms with van der Waals surface area (Å²) in [7, 11) is 1.61. The summed E-state index contributed by atoms with van der Waals surface area (Å²) in [5, 5.41) is 4.29. The SMILES string of the molecule is Cn1nc2c(cc1=O)CCC(N1C(=O)c3ccccc3C1=O)C2. The van der Waals surface area contributed by atoms with Gasteiger partial charge in [-0.05, 0) is 30.5 Å². The van der Waals surface area contributed by atoms with Crippen LogP contribution in [0.5, 0.6) is 0 Å². The van der Waals surface area contributed by atoms with Gasteiger partial charge in [0.15, 0.2) is 0 Å². The number of hydrogen-bond donors (Lipinski definition) is 0. The van der Waals surface area contributed by atoms with Crippen molar-refractivity contribution in [1.29, 1.82) is 0 Å². The standard InChI is InChI=1S/C17H15N3O3/c1-19-15(21)8-10-6-7-11(9-14(10)18-19)20-16(22)12-4-2-3-5-13(12)17(20)23/h2-5,8,11H,6-7,9H2,1H3. The molecule has 4 rings (SSSR count). The molecule has 1 aromatic heterocycles. The molecule has 1 aliphatic carbocycles. The molecule has 0 N–H and O–H groups in total. The number of carbonyl (C=O) groups excluding carboxylic acids is 2. The van der Waals surface area contributed by atoms with Gasteiger partial charge in [-0.2, -0.15) is 5.10 Å². The molecule has 2 amide bonds. The molecular weight excluding hydrogens is 294 g/mol. The van der Waals surface area contributed by atoms with Crippen LogP contribution in [0.15, 0.2) is 35.1 Å². The van der Waals surface area contributed by atoms with E-state index in [9.17, 15) is 14.4 Å². The first kappa shape index (κ1) is 13.9. The van der Waals surface area contributed by atoms with Crippen molar-refractivity contribution in [1.82, 2.24) is 14.7 Å². The zero-order valence-electron chi connectivity index (χ0n) is 12.7. The number of amides is 2. The van der Waals surface area contributed by atoms with E-state index in [1.165, 1.54) is 9.58 Å². The molecule has 6 nitrogen and oxygen atoms in total. The van der Waals surface area contributed by atoms with Crippen LogP contribution in [0, 0.1) is 0 Å². The molecule has 2 aliphatic rings. The molecule has 1 atom stereocenters. The average Bonchev–Trinajstić information content (AvgIpc) is 2.80. The Bertz CT molecular complexity index is 865. The highest BCUT2D eigenvalue weighted by molar-refractivity contribution is 6.21. The van der Waals surface area contributed by atoms with Crippen LogP contribution in [-0.2, 0) is 19.9 Å². The lowest BCUT2D eigenvalue weighted by Crippen LogP contribution is -2.44. The molecule has 0 spiro atoms. The molecule has 0 fully saturated rings. The van der Waals surface area contributed by atoms with Crippen molar-refractivity contribution in [2.45, 2.75) is 25.3 Å². The molecule has 2 aromatic rings. The van der Waals surface area contributed by atoms with Gasteiger partial charge in [0.25, 0.3) is 17.4 Å². The number of rotatable bonds is 1. The summed E-state index contributed by atoms with van der Waals surface area (Å²) in [5.41, 5.74) is 2.51. The molecule has 6 heteroatoms. The summed E-state index contributed by atoms with van der Waals surface area (Å²) in [5.74, 6) is -0.465. The lowest BCUT2D eigenvalue weighted by Gasteiger charge is -2.30. The minimum absolute atomic E-state index is 0.136. The van der Waals surface area contributed by atoms with E-state index in [0.29, 0.717) is 30.4 Å². The summed E-state index contributed by atoms with van der Waals surface area (Å²) in [4.78, 5) is 38.2. The molecule has 1 aliphatic heterocycles. The van der Waals surface area contributed by atoms with E-state index >= 15 is 0 Å². The van der Waals surface area contributed by atoms with Crippen molar-refractivity contribution in [3.05, 3.63) is 63.1 Å². The average molecular weight is 309 g/mol. The van der Waals surface area contributed by atoms with Crippen LogP contribution in [0.4, 0.5) is 0 Å². The van der Waals surface area contributed by atoms with Gasteiger partial charge >= 0.3 is 0 Å². The number of aromatic nitrogens is 2. The third-order valence-electron chi connectivity index (χ3n) is 4.62. The van der Waals surface area contributed by atoms with Crippen LogP contribution in [-0.4, -0.2) is 32.5 Å². The van der Waals surface area contributed by atoms with Gasteiger partial charge in [0, 0.05) is 25.6 Å². The van der Waals surface area contributed by atoms with Gasteiger partial charge in [0.2, 0.25) is 0 Å². The van der Waals surface area contributed by atoms with Crippen molar-refractivity contribution >= 4 is 11.8 Å². The first-order valence-electron chi connectivity index (χ1n) is 7.59. The maximum atomic E-state index is 12.6. The van der Waals surface area contributed by atoms with Crippen LogP contribution < -0.4 is 5.56 Å². The second-order valence-electron chi connectivity index (χ2n) is 6.00. The van der Waals surface area contributed by atoms with Crippen LogP contribution in [0.1, 0.15) is 38.4 Å². The van der Waals surface area contributed by atoms with E-state index in [1.54, 1.807) is 37.4 Å². The minimum atomic E-state index is -0.233. The predicted molar refractivity (Wildman–Crippen MR) is 82.2 cm³/mol. The van der Waals surface area contributed by atoms with Crippen LogP contribution in [0.2, 0.25) is 0 Å². The Balaban J connectivity index is 1.68. The Kier molecular flexibility index (Phi) is 2.94. The number of benzene rings is 1. The molecule has 2 heterocycles. The van der Waals surface area contributed by atoms with E-state index < -0.39 is 0 Å². The monoisotopic (exact) mass is 309 g/mol. The van der Waals surface area contributed by atoms with Crippen LogP contribution in [0.25, 0.3) is 0 Å². The molecular formula is C17H15N3O3. The minimum Gasteiger partial charge on any atom is -0.271 e. The zero-order chi connectivity index (χ0) is 16.1. The zero-order valence-corrected chi connectivity index (χ0v) is 12.7. The summed E-state index contributed by atoms with van der Waals surface area (Å²) in [6.07, 6.45) is 1.80. The first-order valence-corrected chi connectivity index (χ1v) is 7.59. The van der Waals surface area contributed by atoms with Gasteiger partial charge in [0.05, 0.1) is 16.8 Å². The van der Waals surface area contributed by atoms with E-state index in [2.05, 4.69) is 5.10 Å². The third kappa shape index (κ3) is 2.02.